The second-order valence-corrected chi connectivity index (χ2v) is 9.95. The second-order valence-electron chi connectivity index (χ2n) is 9.95. The maximum Gasteiger partial charge on any atom is 0.304 e. The van der Waals surface area contributed by atoms with Crippen LogP contribution in [0.4, 0.5) is 0 Å². The molecule has 0 aromatic heterocycles. The standard InChI is InChI=1S/C29H38O5/c1-28(21-26(31)32,23-13-5-3-6-14-23)19-11-9-17-25(30)18-10-12-20-29(2,22-27(33)34)24-15-7-4-8-16-24/h3-8,13-16H,9-12,17-22H2,1-2H3,(H,31,32)(H,33,34). The molecule has 0 aliphatic heterocycles. The lowest BCUT2D eigenvalue weighted by molar-refractivity contribution is -0.139. The van der Waals surface area contributed by atoms with Crippen LogP contribution in [0.5, 0.6) is 0 Å². The number of Topliss-reactive ketones (excluding diaryl/α,β-unsaturated/α-hetero) is 1. The highest BCUT2D eigenvalue weighted by Gasteiger charge is 2.30. The summed E-state index contributed by atoms with van der Waals surface area (Å²) >= 11 is 0. The molecule has 0 fully saturated rings. The Hall–Kier alpha value is -2.95. The fourth-order valence-electron chi connectivity index (χ4n) is 4.82. The number of benzene rings is 2. The fourth-order valence-corrected chi connectivity index (χ4v) is 4.82. The molecule has 2 N–H and O–H groups in total. The fraction of sp³-hybridized carbons (Fsp3) is 0.483. The van der Waals surface area contributed by atoms with E-state index in [1.54, 1.807) is 0 Å². The number of hydrogen-bond donors (Lipinski definition) is 2. The first-order valence-electron chi connectivity index (χ1n) is 12.2. The molecule has 0 heterocycles. The Morgan fingerprint density at radius 1 is 0.618 bits per heavy atom. The quantitative estimate of drug-likeness (QED) is 0.274. The van der Waals surface area contributed by atoms with E-state index in [4.69, 9.17) is 0 Å². The van der Waals surface area contributed by atoms with E-state index in [9.17, 15) is 24.6 Å². The van der Waals surface area contributed by atoms with Crippen LogP contribution in [0.25, 0.3) is 0 Å². The molecule has 0 bridgehead atoms. The minimum Gasteiger partial charge on any atom is -0.481 e. The SMILES string of the molecule is CC(CCCCC(=O)CCCCC(C)(CC(=O)O)c1ccccc1)(CC(=O)O)c1ccccc1. The summed E-state index contributed by atoms with van der Waals surface area (Å²) in [5.74, 6) is -1.40. The van der Waals surface area contributed by atoms with Gasteiger partial charge in [-0.1, -0.05) is 87.4 Å². The van der Waals surface area contributed by atoms with E-state index < -0.39 is 22.8 Å². The molecule has 184 valence electrons. The lowest BCUT2D eigenvalue weighted by atomic mass is 9.75. The Bertz CT molecular complexity index is 849. The Balaban J connectivity index is 1.76. The summed E-state index contributed by atoms with van der Waals surface area (Å²) in [4.78, 5) is 35.2. The third-order valence-electron chi connectivity index (χ3n) is 6.89. The molecule has 0 aliphatic rings. The highest BCUT2D eigenvalue weighted by atomic mass is 16.4. The minimum absolute atomic E-state index is 0.0709. The number of carboxylic acid groups (broad SMARTS) is 2. The number of carbonyl (C=O) groups is 3. The molecule has 2 rings (SSSR count). The Morgan fingerprint density at radius 2 is 0.971 bits per heavy atom. The number of rotatable bonds is 16. The minimum atomic E-state index is -0.812. The molecule has 0 aliphatic carbocycles. The number of carbonyl (C=O) groups excluding carboxylic acids is 1. The lowest BCUT2D eigenvalue weighted by Crippen LogP contribution is -2.26. The van der Waals surface area contributed by atoms with Crippen molar-refractivity contribution >= 4 is 17.7 Å². The normalized spacial score (nSPS) is 14.6. The van der Waals surface area contributed by atoms with Gasteiger partial charge in [-0.25, -0.2) is 0 Å². The maximum atomic E-state index is 12.4. The zero-order chi connectivity index (χ0) is 25.0. The van der Waals surface area contributed by atoms with Gasteiger partial charge in [-0.05, 0) is 36.8 Å². The van der Waals surface area contributed by atoms with Gasteiger partial charge in [0.1, 0.15) is 5.78 Å². The molecule has 34 heavy (non-hydrogen) atoms. The molecule has 2 aromatic rings. The van der Waals surface area contributed by atoms with Gasteiger partial charge in [0.05, 0.1) is 12.8 Å². The van der Waals surface area contributed by atoms with E-state index in [0.29, 0.717) is 12.8 Å². The van der Waals surface area contributed by atoms with Crippen molar-refractivity contribution in [2.24, 2.45) is 0 Å². The third kappa shape index (κ3) is 8.77. The molecule has 0 radical (unpaired) electrons. The number of unbranched alkanes of at least 4 members (excludes halogenated alkanes) is 2. The van der Waals surface area contributed by atoms with Gasteiger partial charge in [-0.15, -0.1) is 0 Å². The molecule has 0 amide bonds. The smallest absolute Gasteiger partial charge is 0.304 e. The van der Waals surface area contributed by atoms with E-state index in [1.165, 1.54) is 0 Å². The van der Waals surface area contributed by atoms with Crippen molar-refractivity contribution in [2.45, 2.75) is 88.9 Å². The summed E-state index contributed by atoms with van der Waals surface area (Å²) < 4.78 is 0. The van der Waals surface area contributed by atoms with E-state index in [2.05, 4.69) is 0 Å². The van der Waals surface area contributed by atoms with E-state index in [-0.39, 0.29) is 18.6 Å². The van der Waals surface area contributed by atoms with Crippen molar-refractivity contribution in [3.05, 3.63) is 71.8 Å². The van der Waals surface area contributed by atoms with Gasteiger partial charge in [0.25, 0.3) is 0 Å². The largest absolute Gasteiger partial charge is 0.481 e. The van der Waals surface area contributed by atoms with Gasteiger partial charge >= 0.3 is 11.9 Å². The molecule has 2 aromatic carbocycles. The van der Waals surface area contributed by atoms with Gasteiger partial charge in [0.15, 0.2) is 0 Å². The highest BCUT2D eigenvalue weighted by molar-refractivity contribution is 5.78. The van der Waals surface area contributed by atoms with Crippen LogP contribution < -0.4 is 0 Å². The third-order valence-corrected chi connectivity index (χ3v) is 6.89. The van der Waals surface area contributed by atoms with Crippen LogP contribution in [-0.2, 0) is 25.2 Å². The summed E-state index contributed by atoms with van der Waals surface area (Å²) in [6.07, 6.45) is 5.70. The average Bonchev–Trinajstić information content (AvgIpc) is 2.80. The lowest BCUT2D eigenvalue weighted by Gasteiger charge is -2.29. The molecule has 5 nitrogen and oxygen atoms in total. The molecule has 0 saturated carbocycles. The zero-order valence-corrected chi connectivity index (χ0v) is 20.5. The van der Waals surface area contributed by atoms with E-state index >= 15 is 0 Å². The van der Waals surface area contributed by atoms with Gasteiger partial charge < -0.3 is 10.2 Å². The van der Waals surface area contributed by atoms with Gasteiger partial charge in [-0.3, -0.25) is 14.4 Å². The van der Waals surface area contributed by atoms with Crippen LogP contribution in [0.15, 0.2) is 60.7 Å². The first-order chi connectivity index (χ1) is 16.1. The number of aliphatic carboxylic acids is 2. The average molecular weight is 467 g/mol. The second kappa shape index (κ2) is 13.1. The molecule has 5 heteroatoms. The summed E-state index contributed by atoms with van der Waals surface area (Å²) in [6.45, 7) is 3.97. The molecule has 2 atom stereocenters. The molecular formula is C29H38O5. The van der Waals surface area contributed by atoms with Crippen LogP contribution in [0.1, 0.15) is 89.2 Å². The Kier molecular flexibility index (Phi) is 10.5. The van der Waals surface area contributed by atoms with Crippen molar-refractivity contribution < 1.29 is 24.6 Å². The Labute approximate surface area is 203 Å². The highest BCUT2D eigenvalue weighted by Crippen LogP contribution is 2.34. The molecule has 2 unspecified atom stereocenters. The Morgan fingerprint density at radius 3 is 1.29 bits per heavy atom. The monoisotopic (exact) mass is 466 g/mol. The van der Waals surface area contributed by atoms with Gasteiger partial charge in [0, 0.05) is 23.7 Å². The number of hydrogen-bond acceptors (Lipinski definition) is 3. The van der Waals surface area contributed by atoms with E-state index in [1.807, 2.05) is 74.5 Å². The van der Waals surface area contributed by atoms with Gasteiger partial charge in [0.2, 0.25) is 0 Å². The van der Waals surface area contributed by atoms with Crippen LogP contribution in [-0.4, -0.2) is 27.9 Å². The van der Waals surface area contributed by atoms with Gasteiger partial charge in [-0.2, -0.15) is 0 Å². The molecular weight excluding hydrogens is 428 g/mol. The van der Waals surface area contributed by atoms with Crippen molar-refractivity contribution in [1.29, 1.82) is 0 Å². The number of carboxylic acids is 2. The summed E-state index contributed by atoms with van der Waals surface area (Å²) in [7, 11) is 0. The van der Waals surface area contributed by atoms with Crippen LogP contribution in [0.3, 0.4) is 0 Å². The van der Waals surface area contributed by atoms with Crippen molar-refractivity contribution in [1.82, 2.24) is 0 Å². The van der Waals surface area contributed by atoms with Crippen molar-refractivity contribution in [3.8, 4) is 0 Å². The topological polar surface area (TPSA) is 91.7 Å². The van der Waals surface area contributed by atoms with Crippen LogP contribution >= 0.6 is 0 Å². The summed E-state index contributed by atoms with van der Waals surface area (Å²) in [5, 5.41) is 18.7. The van der Waals surface area contributed by atoms with Crippen molar-refractivity contribution in [3.63, 3.8) is 0 Å². The first kappa shape index (κ1) is 27.3. The van der Waals surface area contributed by atoms with Crippen LogP contribution in [0, 0.1) is 0 Å². The maximum absolute atomic E-state index is 12.4. The summed E-state index contributed by atoms with van der Waals surface area (Å²) in [5.41, 5.74) is 1.16. The zero-order valence-electron chi connectivity index (χ0n) is 20.5. The summed E-state index contributed by atoms with van der Waals surface area (Å²) in [6, 6.07) is 19.5. The van der Waals surface area contributed by atoms with E-state index in [0.717, 1.165) is 49.7 Å². The predicted octanol–water partition coefficient (Wildman–Crippen LogP) is 6.54. The van der Waals surface area contributed by atoms with Crippen LogP contribution in [0.2, 0.25) is 0 Å². The van der Waals surface area contributed by atoms with Crippen molar-refractivity contribution in [2.75, 3.05) is 0 Å². The first-order valence-corrected chi connectivity index (χ1v) is 12.2. The molecule has 0 saturated heterocycles. The molecule has 0 spiro atoms. The number of ketones is 1. The predicted molar refractivity (Wildman–Crippen MR) is 134 cm³/mol.